The lowest BCUT2D eigenvalue weighted by atomic mass is 9.79. The second kappa shape index (κ2) is 6.70. The standard InChI is InChI=1S/C21H20N2O3S/c1-3-13-25-19(24)17-18-15-11-7-8-12-16(15)26-21(17,2)23(20(27)22-18)14-9-5-4-6-10-14/h3-12,17-18H,1,13H2,2H3,(H,22,27). The lowest BCUT2D eigenvalue weighted by Gasteiger charge is -2.55. The van der Waals surface area contributed by atoms with E-state index >= 15 is 0 Å². The fourth-order valence-corrected chi connectivity index (χ4v) is 4.30. The molecule has 5 nitrogen and oxygen atoms in total. The van der Waals surface area contributed by atoms with Crippen molar-refractivity contribution in [3.05, 3.63) is 72.8 Å². The Bertz CT molecular complexity index is 901. The predicted molar refractivity (Wildman–Crippen MR) is 108 cm³/mol. The van der Waals surface area contributed by atoms with Crippen molar-refractivity contribution in [2.45, 2.75) is 18.7 Å². The van der Waals surface area contributed by atoms with E-state index in [1.54, 1.807) is 6.08 Å². The van der Waals surface area contributed by atoms with Crippen LogP contribution >= 0.6 is 12.2 Å². The number of hydrogen-bond donors (Lipinski definition) is 1. The maximum Gasteiger partial charge on any atom is 0.317 e. The van der Waals surface area contributed by atoms with Crippen LogP contribution in [-0.2, 0) is 9.53 Å². The summed E-state index contributed by atoms with van der Waals surface area (Å²) in [4.78, 5) is 14.9. The summed E-state index contributed by atoms with van der Waals surface area (Å²) in [7, 11) is 0. The number of hydrogen-bond acceptors (Lipinski definition) is 4. The van der Waals surface area contributed by atoms with Gasteiger partial charge in [-0.25, -0.2) is 0 Å². The van der Waals surface area contributed by atoms with Crippen LogP contribution in [-0.4, -0.2) is 23.4 Å². The third-order valence-electron chi connectivity index (χ3n) is 5.02. The van der Waals surface area contributed by atoms with E-state index in [1.165, 1.54) is 0 Å². The number of rotatable bonds is 4. The Kier molecular flexibility index (Phi) is 4.36. The molecule has 27 heavy (non-hydrogen) atoms. The van der Waals surface area contributed by atoms with Gasteiger partial charge in [0, 0.05) is 11.3 Å². The van der Waals surface area contributed by atoms with Gasteiger partial charge in [-0.3, -0.25) is 9.69 Å². The summed E-state index contributed by atoms with van der Waals surface area (Å²) < 4.78 is 11.8. The molecule has 2 aromatic rings. The molecule has 0 aromatic heterocycles. The predicted octanol–water partition coefficient (Wildman–Crippen LogP) is 3.58. The zero-order valence-corrected chi connectivity index (χ0v) is 15.7. The lowest BCUT2D eigenvalue weighted by molar-refractivity contribution is -0.159. The Balaban J connectivity index is 1.86. The van der Waals surface area contributed by atoms with Gasteiger partial charge in [0.05, 0.1) is 6.04 Å². The highest BCUT2D eigenvalue weighted by Gasteiger charge is 2.59. The van der Waals surface area contributed by atoms with E-state index < -0.39 is 11.6 Å². The molecule has 2 heterocycles. The van der Waals surface area contributed by atoms with E-state index in [0.717, 1.165) is 17.0 Å². The summed E-state index contributed by atoms with van der Waals surface area (Å²) in [6, 6.07) is 17.0. The summed E-state index contributed by atoms with van der Waals surface area (Å²) in [5, 5.41) is 3.85. The quantitative estimate of drug-likeness (QED) is 0.497. The van der Waals surface area contributed by atoms with Crippen LogP contribution in [0.25, 0.3) is 0 Å². The van der Waals surface area contributed by atoms with Gasteiger partial charge in [0.1, 0.15) is 18.3 Å². The van der Waals surface area contributed by atoms with E-state index in [4.69, 9.17) is 21.7 Å². The maximum atomic E-state index is 13.0. The molecule has 3 atom stereocenters. The van der Waals surface area contributed by atoms with Gasteiger partial charge in [-0.15, -0.1) is 0 Å². The van der Waals surface area contributed by atoms with E-state index in [1.807, 2.05) is 66.4 Å². The number of ether oxygens (including phenoxy) is 2. The highest BCUT2D eigenvalue weighted by Crippen LogP contribution is 2.49. The third-order valence-corrected chi connectivity index (χ3v) is 5.32. The molecule has 0 saturated carbocycles. The number of esters is 1. The van der Waals surface area contributed by atoms with Gasteiger partial charge >= 0.3 is 5.97 Å². The van der Waals surface area contributed by atoms with Crippen LogP contribution in [0.15, 0.2) is 67.3 Å². The summed E-state index contributed by atoms with van der Waals surface area (Å²) >= 11 is 5.66. The number of carbonyl (C=O) groups is 1. The summed E-state index contributed by atoms with van der Waals surface area (Å²) in [6.45, 7) is 5.66. The van der Waals surface area contributed by atoms with Gasteiger partial charge in [-0.2, -0.15) is 0 Å². The fraction of sp³-hybridized carbons (Fsp3) is 0.238. The summed E-state index contributed by atoms with van der Waals surface area (Å²) in [6.07, 6.45) is 1.56. The molecule has 2 aromatic carbocycles. The van der Waals surface area contributed by atoms with Crippen molar-refractivity contribution in [3.8, 4) is 5.75 Å². The van der Waals surface area contributed by atoms with Crippen LogP contribution < -0.4 is 15.0 Å². The van der Waals surface area contributed by atoms with Crippen molar-refractivity contribution in [3.63, 3.8) is 0 Å². The Hall–Kier alpha value is -2.86. The van der Waals surface area contributed by atoms with E-state index in [-0.39, 0.29) is 18.6 Å². The monoisotopic (exact) mass is 380 g/mol. The number of benzene rings is 2. The molecular formula is C21H20N2O3S. The molecular weight excluding hydrogens is 360 g/mol. The highest BCUT2D eigenvalue weighted by atomic mass is 32.1. The van der Waals surface area contributed by atoms with Crippen molar-refractivity contribution in [2.24, 2.45) is 5.92 Å². The molecule has 1 saturated heterocycles. The van der Waals surface area contributed by atoms with Crippen LogP contribution in [0.1, 0.15) is 18.5 Å². The van der Waals surface area contributed by atoms with Crippen molar-refractivity contribution in [1.29, 1.82) is 0 Å². The van der Waals surface area contributed by atoms with Crippen LogP contribution in [0.3, 0.4) is 0 Å². The van der Waals surface area contributed by atoms with E-state index in [2.05, 4.69) is 11.9 Å². The molecule has 3 unspecified atom stereocenters. The van der Waals surface area contributed by atoms with Gasteiger partial charge in [0.2, 0.25) is 5.72 Å². The average molecular weight is 380 g/mol. The fourth-order valence-electron chi connectivity index (χ4n) is 3.89. The second-order valence-electron chi connectivity index (χ2n) is 6.69. The van der Waals surface area contributed by atoms with E-state index in [9.17, 15) is 4.79 Å². The molecule has 6 heteroatoms. The molecule has 1 N–H and O–H groups in total. The minimum absolute atomic E-state index is 0.148. The van der Waals surface area contributed by atoms with Crippen LogP contribution in [0, 0.1) is 5.92 Å². The Morgan fingerprint density at radius 3 is 2.74 bits per heavy atom. The number of para-hydroxylation sites is 2. The number of nitrogens with zero attached hydrogens (tertiary/aromatic N) is 1. The molecule has 138 valence electrons. The Morgan fingerprint density at radius 1 is 1.30 bits per heavy atom. The number of thiocarbonyl (C=S) groups is 1. The smallest absolute Gasteiger partial charge is 0.317 e. The number of carbonyl (C=O) groups excluding carboxylic acids is 1. The normalized spacial score (nSPS) is 25.7. The molecule has 2 bridgehead atoms. The first-order chi connectivity index (χ1) is 13.1. The molecule has 1 fully saturated rings. The SMILES string of the molecule is C=CCOC(=O)C1C2NC(=S)N(c3ccccc3)C1(C)Oc1ccccc12. The van der Waals surface area contributed by atoms with Crippen molar-refractivity contribution < 1.29 is 14.3 Å². The summed E-state index contributed by atoms with van der Waals surface area (Å²) in [5.74, 6) is -0.235. The first-order valence-corrected chi connectivity index (χ1v) is 9.18. The van der Waals surface area contributed by atoms with Gasteiger partial charge < -0.3 is 14.8 Å². The van der Waals surface area contributed by atoms with Gasteiger partial charge in [0.25, 0.3) is 0 Å². The molecule has 0 radical (unpaired) electrons. The van der Waals surface area contributed by atoms with Crippen LogP contribution in [0.4, 0.5) is 5.69 Å². The third kappa shape index (κ3) is 2.77. The Labute approximate surface area is 163 Å². The molecule has 4 rings (SSSR count). The van der Waals surface area contributed by atoms with E-state index in [0.29, 0.717) is 5.11 Å². The van der Waals surface area contributed by atoms with Gasteiger partial charge in [-0.05, 0) is 37.3 Å². The lowest BCUT2D eigenvalue weighted by Crippen LogP contribution is -2.71. The maximum absolute atomic E-state index is 13.0. The largest absolute Gasteiger partial charge is 0.466 e. The number of anilines is 1. The molecule has 0 spiro atoms. The van der Waals surface area contributed by atoms with Crippen molar-refractivity contribution in [1.82, 2.24) is 5.32 Å². The Morgan fingerprint density at radius 2 is 2.00 bits per heavy atom. The average Bonchev–Trinajstić information content (AvgIpc) is 2.66. The summed E-state index contributed by atoms with van der Waals surface area (Å²) in [5.41, 5.74) is 0.712. The number of nitrogens with one attached hydrogen (secondary N) is 1. The zero-order valence-electron chi connectivity index (χ0n) is 14.9. The number of fused-ring (bicyclic) bond motifs is 4. The molecule has 2 aliphatic heterocycles. The van der Waals surface area contributed by atoms with Crippen molar-refractivity contribution >= 4 is 29.0 Å². The first-order valence-electron chi connectivity index (χ1n) is 8.77. The molecule has 2 aliphatic rings. The topological polar surface area (TPSA) is 50.8 Å². The minimum atomic E-state index is -1.03. The zero-order chi connectivity index (χ0) is 19.0. The second-order valence-corrected chi connectivity index (χ2v) is 7.08. The van der Waals surface area contributed by atoms with Gasteiger partial charge in [-0.1, -0.05) is 49.1 Å². The highest BCUT2D eigenvalue weighted by molar-refractivity contribution is 7.80. The van der Waals surface area contributed by atoms with Gasteiger partial charge in [0.15, 0.2) is 5.11 Å². The molecule has 0 amide bonds. The van der Waals surface area contributed by atoms with Crippen LogP contribution in [0.2, 0.25) is 0 Å². The first kappa shape index (κ1) is 17.5. The minimum Gasteiger partial charge on any atom is -0.466 e. The van der Waals surface area contributed by atoms with Crippen LogP contribution in [0.5, 0.6) is 5.75 Å². The molecule has 0 aliphatic carbocycles. The van der Waals surface area contributed by atoms with Crippen molar-refractivity contribution in [2.75, 3.05) is 11.5 Å².